The van der Waals surface area contributed by atoms with Crippen LogP contribution in [-0.2, 0) is 11.3 Å². The Kier molecular flexibility index (Phi) is 5.24. The lowest BCUT2D eigenvalue weighted by Crippen LogP contribution is -2.08. The number of nitrogens with zero attached hydrogens (tertiary/aromatic N) is 1. The number of nitro groups is 1. The van der Waals surface area contributed by atoms with Crippen molar-refractivity contribution in [2.24, 2.45) is 0 Å². The number of carbonyl (C=O) groups excluding carboxylic acids is 1. The molecule has 0 aliphatic carbocycles. The first-order valence-corrected chi connectivity index (χ1v) is 7.95. The van der Waals surface area contributed by atoms with E-state index in [4.69, 9.17) is 4.74 Å². The number of anilines is 2. The summed E-state index contributed by atoms with van der Waals surface area (Å²) in [5.74, 6) is -0.470. The van der Waals surface area contributed by atoms with Crippen LogP contribution in [0.4, 0.5) is 17.1 Å². The van der Waals surface area contributed by atoms with Gasteiger partial charge in [-0.2, -0.15) is 0 Å². The predicted molar refractivity (Wildman–Crippen MR) is 98.4 cm³/mol. The van der Waals surface area contributed by atoms with Gasteiger partial charge in [-0.25, -0.2) is 4.79 Å². The van der Waals surface area contributed by atoms with Crippen molar-refractivity contribution in [1.29, 1.82) is 0 Å². The minimum absolute atomic E-state index is 0.00233. The summed E-state index contributed by atoms with van der Waals surface area (Å²) >= 11 is 0. The van der Waals surface area contributed by atoms with Crippen LogP contribution in [0.5, 0.6) is 0 Å². The molecule has 0 spiro atoms. The third-order valence-electron chi connectivity index (χ3n) is 3.72. The van der Waals surface area contributed by atoms with Gasteiger partial charge in [-0.1, -0.05) is 30.3 Å². The van der Waals surface area contributed by atoms with Crippen LogP contribution in [0.15, 0.2) is 78.9 Å². The molecule has 6 heteroatoms. The molecule has 0 unspecified atom stereocenters. The molecule has 0 aliphatic rings. The zero-order valence-electron chi connectivity index (χ0n) is 13.8. The first kappa shape index (κ1) is 17.2. The quantitative estimate of drug-likeness (QED) is 0.397. The van der Waals surface area contributed by atoms with E-state index >= 15 is 0 Å². The maximum Gasteiger partial charge on any atom is 0.340 e. The molecular weight excluding hydrogens is 332 g/mol. The van der Waals surface area contributed by atoms with Gasteiger partial charge in [0.15, 0.2) is 0 Å². The van der Waals surface area contributed by atoms with E-state index in [1.807, 2.05) is 36.4 Å². The Balaban J connectivity index is 1.69. The maximum atomic E-state index is 12.4. The number of rotatable bonds is 6. The van der Waals surface area contributed by atoms with Crippen molar-refractivity contribution >= 4 is 23.0 Å². The van der Waals surface area contributed by atoms with Crippen LogP contribution in [0.25, 0.3) is 0 Å². The fourth-order valence-corrected chi connectivity index (χ4v) is 2.39. The van der Waals surface area contributed by atoms with Crippen LogP contribution in [0.3, 0.4) is 0 Å². The molecule has 0 bridgehead atoms. The average Bonchev–Trinajstić information content (AvgIpc) is 2.67. The van der Waals surface area contributed by atoms with Gasteiger partial charge in [0.2, 0.25) is 0 Å². The monoisotopic (exact) mass is 348 g/mol. The van der Waals surface area contributed by atoms with Gasteiger partial charge in [0.25, 0.3) is 5.69 Å². The number of para-hydroxylation sites is 2. The molecule has 6 nitrogen and oxygen atoms in total. The molecule has 0 fully saturated rings. The van der Waals surface area contributed by atoms with Gasteiger partial charge in [-0.15, -0.1) is 0 Å². The summed E-state index contributed by atoms with van der Waals surface area (Å²) in [6, 6.07) is 22.5. The third-order valence-corrected chi connectivity index (χ3v) is 3.72. The Morgan fingerprint density at radius 1 is 0.923 bits per heavy atom. The number of esters is 1. The van der Waals surface area contributed by atoms with Gasteiger partial charge >= 0.3 is 5.97 Å². The first-order valence-electron chi connectivity index (χ1n) is 7.95. The number of ether oxygens (including phenoxy) is 1. The fourth-order valence-electron chi connectivity index (χ4n) is 2.39. The molecule has 130 valence electrons. The molecule has 0 saturated carbocycles. The molecule has 0 saturated heterocycles. The molecule has 0 atom stereocenters. The van der Waals surface area contributed by atoms with E-state index in [1.54, 1.807) is 30.3 Å². The molecule has 1 N–H and O–H groups in total. The molecule has 0 amide bonds. The minimum atomic E-state index is -0.471. The highest BCUT2D eigenvalue weighted by Crippen LogP contribution is 2.22. The number of hydrogen-bond donors (Lipinski definition) is 1. The molecule has 0 aromatic heterocycles. The van der Waals surface area contributed by atoms with Crippen molar-refractivity contribution in [3.05, 3.63) is 100 Å². The van der Waals surface area contributed by atoms with E-state index in [-0.39, 0.29) is 12.3 Å². The lowest BCUT2D eigenvalue weighted by atomic mass is 10.1. The van der Waals surface area contributed by atoms with Crippen molar-refractivity contribution in [2.45, 2.75) is 6.61 Å². The van der Waals surface area contributed by atoms with E-state index < -0.39 is 10.9 Å². The van der Waals surface area contributed by atoms with Crippen molar-refractivity contribution in [3.8, 4) is 0 Å². The van der Waals surface area contributed by atoms with E-state index in [0.717, 1.165) is 5.69 Å². The van der Waals surface area contributed by atoms with Crippen molar-refractivity contribution < 1.29 is 14.5 Å². The molecular formula is C20H16N2O4. The maximum absolute atomic E-state index is 12.4. The zero-order chi connectivity index (χ0) is 18.4. The summed E-state index contributed by atoms with van der Waals surface area (Å²) in [5, 5.41) is 13.9. The fraction of sp³-hybridized carbons (Fsp3) is 0.0500. The van der Waals surface area contributed by atoms with E-state index in [9.17, 15) is 14.9 Å². The van der Waals surface area contributed by atoms with Crippen LogP contribution in [0.1, 0.15) is 15.9 Å². The molecule has 3 aromatic rings. The number of hydrogen-bond acceptors (Lipinski definition) is 5. The number of benzene rings is 3. The van der Waals surface area contributed by atoms with Crippen LogP contribution in [-0.4, -0.2) is 10.9 Å². The highest BCUT2D eigenvalue weighted by atomic mass is 16.6. The lowest BCUT2D eigenvalue weighted by molar-refractivity contribution is -0.384. The summed E-state index contributed by atoms with van der Waals surface area (Å²) < 4.78 is 5.34. The molecule has 26 heavy (non-hydrogen) atoms. The van der Waals surface area contributed by atoms with Crippen LogP contribution in [0, 0.1) is 10.1 Å². The van der Waals surface area contributed by atoms with E-state index in [0.29, 0.717) is 16.8 Å². The molecule has 3 aromatic carbocycles. The SMILES string of the molecule is O=C(OCc1ccc([N+](=O)[O-])cc1)c1ccccc1Nc1ccccc1. The van der Waals surface area contributed by atoms with Gasteiger partial charge in [0.1, 0.15) is 6.61 Å². The lowest BCUT2D eigenvalue weighted by Gasteiger charge is -2.12. The Morgan fingerprint density at radius 2 is 1.58 bits per heavy atom. The van der Waals surface area contributed by atoms with Crippen LogP contribution < -0.4 is 5.32 Å². The topological polar surface area (TPSA) is 81.5 Å². The van der Waals surface area contributed by atoms with Crippen molar-refractivity contribution in [1.82, 2.24) is 0 Å². The Labute approximate surface area is 150 Å². The molecule has 0 radical (unpaired) electrons. The third kappa shape index (κ3) is 4.24. The van der Waals surface area contributed by atoms with Crippen molar-refractivity contribution in [2.75, 3.05) is 5.32 Å². The predicted octanol–water partition coefficient (Wildman–Crippen LogP) is 4.70. The highest BCUT2D eigenvalue weighted by molar-refractivity contribution is 5.96. The summed E-state index contributed by atoms with van der Waals surface area (Å²) in [7, 11) is 0. The zero-order valence-corrected chi connectivity index (χ0v) is 13.8. The Morgan fingerprint density at radius 3 is 2.27 bits per heavy atom. The van der Waals surface area contributed by atoms with Gasteiger partial charge < -0.3 is 10.1 Å². The second-order valence-electron chi connectivity index (χ2n) is 5.54. The second kappa shape index (κ2) is 7.94. The van der Waals surface area contributed by atoms with Gasteiger partial charge in [0.05, 0.1) is 16.2 Å². The smallest absolute Gasteiger partial charge is 0.340 e. The highest BCUT2D eigenvalue weighted by Gasteiger charge is 2.13. The first-order chi connectivity index (χ1) is 12.6. The Hall–Kier alpha value is -3.67. The van der Waals surface area contributed by atoms with E-state index in [1.165, 1.54) is 12.1 Å². The Bertz CT molecular complexity index is 909. The summed E-state index contributed by atoms with van der Waals surface area (Å²) in [6.45, 7) is 0.0382. The molecule has 0 aliphatic heterocycles. The van der Waals surface area contributed by atoms with Gasteiger partial charge in [-0.05, 0) is 42.0 Å². The summed E-state index contributed by atoms with van der Waals surface area (Å²) in [4.78, 5) is 22.6. The standard InChI is InChI=1S/C20H16N2O4/c23-20(26-14-15-10-12-17(13-11-15)22(24)25)18-8-4-5-9-19(18)21-16-6-2-1-3-7-16/h1-13,21H,14H2. The summed E-state index contributed by atoms with van der Waals surface area (Å²) in [6.07, 6.45) is 0. The van der Waals surface area contributed by atoms with Gasteiger partial charge in [0, 0.05) is 17.8 Å². The number of nitro benzene ring substituents is 1. The number of carbonyl (C=O) groups is 1. The average molecular weight is 348 g/mol. The second-order valence-corrected chi connectivity index (χ2v) is 5.54. The molecule has 0 heterocycles. The molecule has 3 rings (SSSR count). The van der Waals surface area contributed by atoms with Crippen molar-refractivity contribution in [3.63, 3.8) is 0 Å². The number of non-ortho nitro benzene ring substituents is 1. The minimum Gasteiger partial charge on any atom is -0.457 e. The van der Waals surface area contributed by atoms with Crippen LogP contribution in [0.2, 0.25) is 0 Å². The van der Waals surface area contributed by atoms with Gasteiger partial charge in [-0.3, -0.25) is 10.1 Å². The van der Waals surface area contributed by atoms with E-state index in [2.05, 4.69) is 5.32 Å². The summed E-state index contributed by atoms with van der Waals surface area (Å²) in [5.41, 5.74) is 2.60. The largest absolute Gasteiger partial charge is 0.457 e. The normalized spacial score (nSPS) is 10.2. The number of nitrogens with one attached hydrogen (secondary N) is 1. The van der Waals surface area contributed by atoms with Crippen LogP contribution >= 0.6 is 0 Å².